The molecule has 0 saturated heterocycles. The fraction of sp³-hybridized carbons (Fsp3) is 0.154. The average Bonchev–Trinajstić information content (AvgIpc) is 2.77. The Kier molecular flexibility index (Phi) is 3.61. The molecule has 0 radical (unpaired) electrons. The van der Waals surface area contributed by atoms with Crippen LogP contribution in [0.25, 0.3) is 0 Å². The summed E-state index contributed by atoms with van der Waals surface area (Å²) in [6.07, 6.45) is 1.46. The lowest BCUT2D eigenvalue weighted by atomic mass is 10.2. The minimum atomic E-state index is -1.11. The minimum absolute atomic E-state index is 0.0266. The van der Waals surface area contributed by atoms with E-state index in [-0.39, 0.29) is 18.1 Å². The maximum atomic E-state index is 11.8. The van der Waals surface area contributed by atoms with Gasteiger partial charge in [0.25, 0.3) is 0 Å². The van der Waals surface area contributed by atoms with Crippen LogP contribution in [-0.4, -0.2) is 26.8 Å². The number of hydrogen-bond acceptors (Lipinski definition) is 3. The standard InChI is InChI=1S/C13H13N3O3/c1-9-3-2-4-10(7-9)14-12(17)8-16-6-5-11(15-16)13(18)19/h2-7H,8H2,1H3,(H,14,17)(H,18,19). The van der Waals surface area contributed by atoms with E-state index in [0.29, 0.717) is 5.69 Å². The van der Waals surface area contributed by atoms with Crippen molar-refractivity contribution >= 4 is 17.6 Å². The highest BCUT2D eigenvalue weighted by Crippen LogP contribution is 2.09. The van der Waals surface area contributed by atoms with Crippen molar-refractivity contribution in [1.29, 1.82) is 0 Å². The third-order valence-electron chi connectivity index (χ3n) is 2.47. The fourth-order valence-electron chi connectivity index (χ4n) is 1.63. The lowest BCUT2D eigenvalue weighted by Gasteiger charge is -2.05. The Balaban J connectivity index is 1.99. The highest BCUT2D eigenvalue weighted by molar-refractivity contribution is 5.90. The van der Waals surface area contributed by atoms with Gasteiger partial charge in [-0.2, -0.15) is 5.10 Å². The fourth-order valence-corrected chi connectivity index (χ4v) is 1.63. The zero-order chi connectivity index (χ0) is 13.8. The molecule has 0 atom stereocenters. The van der Waals surface area contributed by atoms with Gasteiger partial charge >= 0.3 is 5.97 Å². The number of aryl methyl sites for hydroxylation is 1. The molecule has 6 nitrogen and oxygen atoms in total. The smallest absolute Gasteiger partial charge is 0.356 e. The predicted molar refractivity (Wildman–Crippen MR) is 69.0 cm³/mol. The summed E-state index contributed by atoms with van der Waals surface area (Å²) >= 11 is 0. The normalized spacial score (nSPS) is 10.2. The highest BCUT2D eigenvalue weighted by Gasteiger charge is 2.09. The van der Waals surface area contributed by atoms with E-state index < -0.39 is 5.97 Å². The summed E-state index contributed by atoms with van der Waals surface area (Å²) in [6, 6.07) is 8.77. The molecule has 0 aliphatic rings. The van der Waals surface area contributed by atoms with Gasteiger partial charge < -0.3 is 10.4 Å². The molecule has 0 fully saturated rings. The van der Waals surface area contributed by atoms with Gasteiger partial charge in [-0.1, -0.05) is 12.1 Å². The van der Waals surface area contributed by atoms with Gasteiger partial charge in [0, 0.05) is 11.9 Å². The molecule has 98 valence electrons. The summed E-state index contributed by atoms with van der Waals surface area (Å²) in [5, 5.41) is 15.2. The summed E-state index contributed by atoms with van der Waals surface area (Å²) in [6.45, 7) is 1.91. The van der Waals surface area contributed by atoms with E-state index in [1.54, 1.807) is 6.07 Å². The molecule has 0 saturated carbocycles. The van der Waals surface area contributed by atoms with Gasteiger partial charge in [-0.25, -0.2) is 4.79 Å². The molecule has 1 aromatic heterocycles. The van der Waals surface area contributed by atoms with Crippen molar-refractivity contribution in [3.63, 3.8) is 0 Å². The third-order valence-corrected chi connectivity index (χ3v) is 2.47. The van der Waals surface area contributed by atoms with Crippen molar-refractivity contribution in [2.45, 2.75) is 13.5 Å². The van der Waals surface area contributed by atoms with Gasteiger partial charge in [0.1, 0.15) is 6.54 Å². The predicted octanol–water partition coefficient (Wildman–Crippen LogP) is 1.53. The lowest BCUT2D eigenvalue weighted by molar-refractivity contribution is -0.116. The minimum Gasteiger partial charge on any atom is -0.476 e. The number of aromatic carboxylic acids is 1. The zero-order valence-corrected chi connectivity index (χ0v) is 10.3. The zero-order valence-electron chi connectivity index (χ0n) is 10.3. The van der Waals surface area contributed by atoms with Crippen LogP contribution in [-0.2, 0) is 11.3 Å². The van der Waals surface area contributed by atoms with Crippen LogP contribution in [0.5, 0.6) is 0 Å². The molecule has 2 N–H and O–H groups in total. The number of hydrogen-bond donors (Lipinski definition) is 2. The van der Waals surface area contributed by atoms with E-state index in [4.69, 9.17) is 5.11 Å². The van der Waals surface area contributed by atoms with Crippen LogP contribution < -0.4 is 5.32 Å². The Hall–Kier alpha value is -2.63. The van der Waals surface area contributed by atoms with Crippen molar-refractivity contribution in [2.75, 3.05) is 5.32 Å². The van der Waals surface area contributed by atoms with Crippen molar-refractivity contribution in [1.82, 2.24) is 9.78 Å². The molecule has 0 aliphatic carbocycles. The lowest BCUT2D eigenvalue weighted by Crippen LogP contribution is -2.19. The van der Waals surface area contributed by atoms with Crippen LogP contribution in [0.4, 0.5) is 5.69 Å². The summed E-state index contributed by atoms with van der Waals surface area (Å²) in [4.78, 5) is 22.4. The molecule has 0 bridgehead atoms. The molecule has 2 aromatic rings. The Labute approximate surface area is 109 Å². The molecule has 0 aliphatic heterocycles. The quantitative estimate of drug-likeness (QED) is 0.872. The van der Waals surface area contributed by atoms with Crippen LogP contribution in [0, 0.1) is 6.92 Å². The SMILES string of the molecule is Cc1cccc(NC(=O)Cn2ccc(C(=O)O)n2)c1. The number of carbonyl (C=O) groups is 2. The van der Waals surface area contributed by atoms with E-state index in [2.05, 4.69) is 10.4 Å². The number of benzene rings is 1. The summed E-state index contributed by atoms with van der Waals surface area (Å²) < 4.78 is 1.29. The van der Waals surface area contributed by atoms with Crippen molar-refractivity contribution in [3.05, 3.63) is 47.8 Å². The first-order valence-electron chi connectivity index (χ1n) is 5.68. The van der Waals surface area contributed by atoms with Crippen molar-refractivity contribution in [3.8, 4) is 0 Å². The number of nitrogens with zero attached hydrogens (tertiary/aromatic N) is 2. The molecule has 19 heavy (non-hydrogen) atoms. The van der Waals surface area contributed by atoms with Gasteiger partial charge in [0.15, 0.2) is 5.69 Å². The first-order valence-corrected chi connectivity index (χ1v) is 5.68. The van der Waals surface area contributed by atoms with Gasteiger partial charge in [0.2, 0.25) is 5.91 Å². The first-order chi connectivity index (χ1) is 9.04. The Morgan fingerprint density at radius 3 is 2.79 bits per heavy atom. The number of anilines is 1. The second kappa shape index (κ2) is 5.34. The average molecular weight is 259 g/mol. The van der Waals surface area contributed by atoms with E-state index in [1.807, 2.05) is 25.1 Å². The molecule has 1 heterocycles. The second-order valence-corrected chi connectivity index (χ2v) is 4.12. The number of nitrogens with one attached hydrogen (secondary N) is 1. The molecular weight excluding hydrogens is 246 g/mol. The van der Waals surface area contributed by atoms with E-state index >= 15 is 0 Å². The summed E-state index contributed by atoms with van der Waals surface area (Å²) in [5.74, 6) is -1.37. The van der Waals surface area contributed by atoms with Gasteiger partial charge in [-0.15, -0.1) is 0 Å². The number of carboxylic acid groups (broad SMARTS) is 1. The van der Waals surface area contributed by atoms with Crippen LogP contribution in [0.1, 0.15) is 16.1 Å². The largest absolute Gasteiger partial charge is 0.476 e. The number of amides is 1. The molecule has 6 heteroatoms. The monoisotopic (exact) mass is 259 g/mol. The molecule has 0 unspecified atom stereocenters. The number of carbonyl (C=O) groups excluding carboxylic acids is 1. The summed E-state index contributed by atoms with van der Waals surface area (Å²) in [7, 11) is 0. The molecule has 2 rings (SSSR count). The van der Waals surface area contributed by atoms with E-state index in [0.717, 1.165) is 5.56 Å². The number of rotatable bonds is 4. The molecular formula is C13H13N3O3. The highest BCUT2D eigenvalue weighted by atomic mass is 16.4. The van der Waals surface area contributed by atoms with Crippen LogP contribution >= 0.6 is 0 Å². The number of carboxylic acids is 1. The summed E-state index contributed by atoms with van der Waals surface area (Å²) in [5.41, 5.74) is 1.67. The van der Waals surface area contributed by atoms with Crippen LogP contribution in [0.15, 0.2) is 36.5 Å². The van der Waals surface area contributed by atoms with Gasteiger partial charge in [0.05, 0.1) is 0 Å². The first kappa shape index (κ1) is 12.8. The van der Waals surface area contributed by atoms with Crippen LogP contribution in [0.2, 0.25) is 0 Å². The Morgan fingerprint density at radius 1 is 1.37 bits per heavy atom. The molecule has 1 amide bonds. The Bertz CT molecular complexity index is 619. The van der Waals surface area contributed by atoms with Crippen molar-refractivity contribution in [2.24, 2.45) is 0 Å². The van der Waals surface area contributed by atoms with E-state index in [1.165, 1.54) is 16.9 Å². The van der Waals surface area contributed by atoms with E-state index in [9.17, 15) is 9.59 Å². The van der Waals surface area contributed by atoms with Crippen LogP contribution in [0.3, 0.4) is 0 Å². The number of aromatic nitrogens is 2. The van der Waals surface area contributed by atoms with Gasteiger partial charge in [-0.3, -0.25) is 9.48 Å². The topological polar surface area (TPSA) is 84.2 Å². The maximum absolute atomic E-state index is 11.8. The van der Waals surface area contributed by atoms with Crippen molar-refractivity contribution < 1.29 is 14.7 Å². The molecule has 1 aromatic carbocycles. The third kappa shape index (κ3) is 3.41. The van der Waals surface area contributed by atoms with Gasteiger partial charge in [-0.05, 0) is 30.7 Å². The molecule has 0 spiro atoms. The Morgan fingerprint density at radius 2 is 2.16 bits per heavy atom. The maximum Gasteiger partial charge on any atom is 0.356 e. The second-order valence-electron chi connectivity index (χ2n) is 4.12.